The Morgan fingerprint density at radius 1 is 1.33 bits per heavy atom. The van der Waals surface area contributed by atoms with E-state index in [1.54, 1.807) is 0 Å². The van der Waals surface area contributed by atoms with Crippen LogP contribution in [-0.4, -0.2) is 33.9 Å². The van der Waals surface area contributed by atoms with E-state index in [1.165, 1.54) is 0 Å². The van der Waals surface area contributed by atoms with Crippen molar-refractivity contribution in [3.05, 3.63) is 12.2 Å². The number of ether oxygens (including phenoxy) is 1. The van der Waals surface area contributed by atoms with E-state index in [-0.39, 0.29) is 22.7 Å². The topological polar surface area (TPSA) is 18.5 Å². The molecule has 1 aliphatic carbocycles. The molecule has 1 heterocycles. The Bertz CT molecular complexity index is 348. The summed E-state index contributed by atoms with van der Waals surface area (Å²) in [6.45, 7) is 11.4. The zero-order valence-electron chi connectivity index (χ0n) is 12.3. The summed E-state index contributed by atoms with van der Waals surface area (Å²) in [6, 6.07) is -0.167. The summed E-state index contributed by atoms with van der Waals surface area (Å²) in [5, 5.41) is 0.222. The van der Waals surface area contributed by atoms with E-state index in [0.717, 1.165) is 19.3 Å². The number of hydrogen-bond donors (Lipinski definition) is 0. The summed E-state index contributed by atoms with van der Waals surface area (Å²) in [5.74, 6) is 0. The Labute approximate surface area is 114 Å². The van der Waals surface area contributed by atoms with Crippen molar-refractivity contribution >= 4 is 16.2 Å². The smallest absolute Gasteiger partial charge is 0.192 e. The van der Waals surface area contributed by atoms with Crippen molar-refractivity contribution in [2.45, 2.75) is 75.9 Å². The minimum Gasteiger partial charge on any atom is -0.408 e. The summed E-state index contributed by atoms with van der Waals surface area (Å²) in [7, 11) is 4.21. The molecule has 1 fully saturated rings. The maximum atomic E-state index is 6.71. The van der Waals surface area contributed by atoms with Gasteiger partial charge in [-0.25, -0.2) is 0 Å². The second kappa shape index (κ2) is 4.50. The summed E-state index contributed by atoms with van der Waals surface area (Å²) in [6.07, 6.45) is 7.27. The number of hydrogen-bond acceptors (Lipinski definition) is 2. The van der Waals surface area contributed by atoms with E-state index >= 15 is 0 Å². The lowest BCUT2D eigenvalue weighted by atomic mass is 9.82. The molecule has 2 rings (SSSR count). The van der Waals surface area contributed by atoms with Crippen LogP contribution in [0.4, 0.5) is 0 Å². The first-order chi connectivity index (χ1) is 8.16. The van der Waals surface area contributed by atoms with Crippen LogP contribution in [-0.2, 0) is 9.16 Å². The maximum absolute atomic E-state index is 6.71. The van der Waals surface area contributed by atoms with Crippen molar-refractivity contribution in [3.8, 4) is 0 Å². The van der Waals surface area contributed by atoms with Gasteiger partial charge in [0.1, 0.15) is 7.85 Å². The van der Waals surface area contributed by atoms with Crippen molar-refractivity contribution in [3.63, 3.8) is 0 Å². The van der Waals surface area contributed by atoms with Crippen LogP contribution in [0.1, 0.15) is 40.0 Å². The lowest BCUT2D eigenvalue weighted by Gasteiger charge is -2.46. The van der Waals surface area contributed by atoms with Gasteiger partial charge in [-0.05, 0) is 37.4 Å². The van der Waals surface area contributed by atoms with Gasteiger partial charge < -0.3 is 9.16 Å². The fourth-order valence-electron chi connectivity index (χ4n) is 2.65. The van der Waals surface area contributed by atoms with E-state index < -0.39 is 8.32 Å². The number of fused-ring (bicyclic) bond motifs is 1. The standard InChI is InChI=1S/C14H25BO2Si/c1-13(2,3)18(4,5)17-14-9-7-6-8-11(14)16-12(15)10-14/h6-7,11-12H,8-10H2,1-5H3/t11-,12+,14-/m0/s1. The highest BCUT2D eigenvalue weighted by Crippen LogP contribution is 2.47. The highest BCUT2D eigenvalue weighted by molar-refractivity contribution is 6.74. The van der Waals surface area contributed by atoms with E-state index in [4.69, 9.17) is 17.0 Å². The van der Waals surface area contributed by atoms with Crippen LogP contribution in [0.2, 0.25) is 18.1 Å². The van der Waals surface area contributed by atoms with Gasteiger partial charge in [-0.15, -0.1) is 0 Å². The molecule has 0 spiro atoms. The van der Waals surface area contributed by atoms with Gasteiger partial charge in [-0.2, -0.15) is 0 Å². The maximum Gasteiger partial charge on any atom is 0.192 e. The van der Waals surface area contributed by atoms with Crippen LogP contribution in [0, 0.1) is 0 Å². The summed E-state index contributed by atoms with van der Waals surface area (Å²) in [4.78, 5) is 0. The molecule has 0 N–H and O–H groups in total. The fourth-order valence-corrected chi connectivity index (χ4v) is 4.27. The van der Waals surface area contributed by atoms with E-state index in [9.17, 15) is 0 Å². The van der Waals surface area contributed by atoms with Crippen molar-refractivity contribution in [2.75, 3.05) is 0 Å². The molecule has 100 valence electrons. The monoisotopic (exact) mass is 264 g/mol. The zero-order valence-corrected chi connectivity index (χ0v) is 13.3. The van der Waals surface area contributed by atoms with Gasteiger partial charge in [0.05, 0.1) is 11.7 Å². The molecule has 0 saturated carbocycles. The minimum atomic E-state index is -1.79. The third-order valence-electron chi connectivity index (χ3n) is 4.72. The molecule has 2 radical (unpaired) electrons. The van der Waals surface area contributed by atoms with Gasteiger partial charge in [-0.1, -0.05) is 32.9 Å². The average molecular weight is 264 g/mol. The normalized spacial score (nSPS) is 36.7. The largest absolute Gasteiger partial charge is 0.408 e. The highest BCUT2D eigenvalue weighted by Gasteiger charge is 2.52. The predicted octanol–water partition coefficient (Wildman–Crippen LogP) is 3.38. The molecular weight excluding hydrogens is 239 g/mol. The first kappa shape index (κ1) is 14.4. The van der Waals surface area contributed by atoms with Crippen LogP contribution in [0.25, 0.3) is 0 Å². The van der Waals surface area contributed by atoms with Crippen molar-refractivity contribution in [2.24, 2.45) is 0 Å². The second-order valence-electron chi connectivity index (χ2n) is 7.21. The Kier molecular flexibility index (Phi) is 3.59. The van der Waals surface area contributed by atoms with Crippen molar-refractivity contribution in [1.82, 2.24) is 0 Å². The molecule has 4 heteroatoms. The molecule has 0 aromatic rings. The van der Waals surface area contributed by atoms with Crippen LogP contribution >= 0.6 is 0 Å². The van der Waals surface area contributed by atoms with Crippen molar-refractivity contribution < 1.29 is 9.16 Å². The van der Waals surface area contributed by atoms with E-state index in [0.29, 0.717) is 0 Å². The van der Waals surface area contributed by atoms with Gasteiger partial charge in [0.25, 0.3) is 0 Å². The second-order valence-corrected chi connectivity index (χ2v) is 11.9. The summed E-state index contributed by atoms with van der Waals surface area (Å²) < 4.78 is 12.6. The SMILES string of the molecule is [B][C@H]1C[C@@]2(O[Si](C)(C)C(C)(C)C)CC=CC[C@@H]2O1. The lowest BCUT2D eigenvalue weighted by molar-refractivity contribution is -0.0314. The van der Waals surface area contributed by atoms with Crippen LogP contribution < -0.4 is 0 Å². The Morgan fingerprint density at radius 3 is 2.61 bits per heavy atom. The van der Waals surface area contributed by atoms with Crippen molar-refractivity contribution in [1.29, 1.82) is 0 Å². The third-order valence-corrected chi connectivity index (χ3v) is 9.25. The molecule has 1 aliphatic heterocycles. The minimum absolute atomic E-state index is 0.145. The van der Waals surface area contributed by atoms with E-state index in [1.807, 2.05) is 0 Å². The van der Waals surface area contributed by atoms with Crippen LogP contribution in [0.15, 0.2) is 12.2 Å². The van der Waals surface area contributed by atoms with Crippen LogP contribution in [0.5, 0.6) is 0 Å². The van der Waals surface area contributed by atoms with Gasteiger partial charge >= 0.3 is 0 Å². The van der Waals surface area contributed by atoms with Crippen LogP contribution in [0.3, 0.4) is 0 Å². The molecule has 3 atom stereocenters. The zero-order chi connectivity index (χ0) is 13.6. The highest BCUT2D eigenvalue weighted by atomic mass is 28.4. The number of rotatable bonds is 2. The molecule has 0 aromatic carbocycles. The average Bonchev–Trinajstić information content (AvgIpc) is 2.50. The molecular formula is C14H25BO2Si. The molecule has 2 aliphatic rings. The van der Waals surface area contributed by atoms with E-state index in [2.05, 4.69) is 46.0 Å². The van der Waals surface area contributed by atoms with Gasteiger partial charge in [-0.3, -0.25) is 0 Å². The molecule has 0 unspecified atom stereocenters. The Hall–Kier alpha value is -0.0582. The van der Waals surface area contributed by atoms with Gasteiger partial charge in [0.2, 0.25) is 0 Å². The molecule has 0 bridgehead atoms. The summed E-state index contributed by atoms with van der Waals surface area (Å²) in [5.41, 5.74) is -0.169. The third kappa shape index (κ3) is 2.47. The molecule has 1 saturated heterocycles. The summed E-state index contributed by atoms with van der Waals surface area (Å²) >= 11 is 0. The molecule has 2 nitrogen and oxygen atoms in total. The quantitative estimate of drug-likeness (QED) is 0.562. The van der Waals surface area contributed by atoms with Gasteiger partial charge in [0, 0.05) is 6.00 Å². The predicted molar refractivity (Wildman–Crippen MR) is 78.4 cm³/mol. The fraction of sp³-hybridized carbons (Fsp3) is 0.857. The Morgan fingerprint density at radius 2 is 2.00 bits per heavy atom. The first-order valence-electron chi connectivity index (χ1n) is 6.93. The van der Waals surface area contributed by atoms with Gasteiger partial charge in [0.15, 0.2) is 8.32 Å². The lowest BCUT2D eigenvalue weighted by Crippen LogP contribution is -2.53. The molecule has 0 amide bonds. The Balaban J connectivity index is 2.22. The molecule has 0 aromatic heterocycles. The molecule has 18 heavy (non-hydrogen) atoms. The first-order valence-corrected chi connectivity index (χ1v) is 9.83.